The van der Waals surface area contributed by atoms with Crippen LogP contribution >= 0.6 is 0 Å². The predicted octanol–water partition coefficient (Wildman–Crippen LogP) is 1.20. The first-order valence-electron chi connectivity index (χ1n) is 11.8. The van der Waals surface area contributed by atoms with Crippen LogP contribution in [0.1, 0.15) is 76.1 Å². The Morgan fingerprint density at radius 2 is 1.85 bits per heavy atom. The number of aromatic amines is 1. The van der Waals surface area contributed by atoms with Crippen molar-refractivity contribution in [3.05, 3.63) is 82.8 Å². The number of H-pyrrole nitrogens is 1. The van der Waals surface area contributed by atoms with Gasteiger partial charge in [0.1, 0.15) is 11.4 Å². The second kappa shape index (κ2) is 7.65. The molecule has 0 radical (unpaired) electrons. The molecule has 2 bridgehead atoms. The zero-order valence-corrected chi connectivity index (χ0v) is 18.6. The Labute approximate surface area is 194 Å². The molecule has 3 aliphatic carbocycles. The average molecular weight is 460 g/mol. The number of anilines is 2. The summed E-state index contributed by atoms with van der Waals surface area (Å²) in [6.45, 7) is 1.38. The van der Waals surface area contributed by atoms with E-state index in [1.165, 1.54) is 5.56 Å². The van der Waals surface area contributed by atoms with Crippen molar-refractivity contribution < 1.29 is 4.79 Å². The Balaban J connectivity index is 1.18. The molecule has 0 saturated heterocycles. The minimum Gasteiger partial charge on any atom is -0.394 e. The number of nitrogens with zero attached hydrogens (tertiary/aromatic N) is 2. The van der Waals surface area contributed by atoms with Crippen molar-refractivity contribution >= 4 is 17.3 Å². The number of hydrogen-bond donors (Lipinski definition) is 3. The van der Waals surface area contributed by atoms with E-state index >= 15 is 0 Å². The van der Waals surface area contributed by atoms with E-state index in [0.29, 0.717) is 18.8 Å². The fourth-order valence-corrected chi connectivity index (χ4v) is 5.86. The highest BCUT2D eigenvalue weighted by molar-refractivity contribution is 5.90. The molecule has 1 saturated carbocycles. The number of amides is 1. The number of aromatic nitrogens is 2. The van der Waals surface area contributed by atoms with Gasteiger partial charge in [0.2, 0.25) is 0 Å². The van der Waals surface area contributed by atoms with Gasteiger partial charge in [0.25, 0.3) is 22.3 Å². The first-order valence-corrected chi connectivity index (χ1v) is 11.8. The molecule has 4 N–H and O–H groups in total. The molecule has 9 heteroatoms. The predicted molar refractivity (Wildman–Crippen MR) is 127 cm³/mol. The summed E-state index contributed by atoms with van der Waals surface area (Å²) in [6, 6.07) is 5.98. The second-order valence-electron chi connectivity index (χ2n) is 9.64. The average Bonchev–Trinajstić information content (AvgIpc) is 2.87. The maximum absolute atomic E-state index is 12.8. The fourth-order valence-electron chi connectivity index (χ4n) is 5.86. The van der Waals surface area contributed by atoms with Crippen LogP contribution in [0.2, 0.25) is 0 Å². The molecule has 9 nitrogen and oxygen atoms in total. The van der Waals surface area contributed by atoms with Crippen molar-refractivity contribution in [2.24, 2.45) is 0 Å². The van der Waals surface area contributed by atoms with E-state index in [0.717, 1.165) is 54.5 Å². The number of fused-ring (bicyclic) bond motifs is 3. The van der Waals surface area contributed by atoms with Gasteiger partial charge in [-0.25, -0.2) is 4.98 Å². The Kier molecular flexibility index (Phi) is 4.68. The topological polar surface area (TPSA) is 138 Å². The van der Waals surface area contributed by atoms with Crippen molar-refractivity contribution in [2.45, 2.75) is 57.0 Å². The van der Waals surface area contributed by atoms with Crippen LogP contribution in [-0.4, -0.2) is 22.4 Å². The number of nitrogen functional groups attached to an aromatic ring is 1. The standard InChI is InChI=1S/C25H25N5O4/c26-18-20(22(32)21(18)31)30-8-7-13-2-1-12(9-16(13)11-30)10-27-25(34)23-28-19-15-5-3-14(4-6-15)17(19)24(33)29-23/h1-2,9,14-15H,3-8,10-11,26H2,(H,27,34)(H,28,29,33). The van der Waals surface area contributed by atoms with Gasteiger partial charge in [-0.2, -0.15) is 0 Å². The van der Waals surface area contributed by atoms with Crippen LogP contribution in [0, 0.1) is 0 Å². The molecule has 0 spiro atoms. The molecule has 1 amide bonds. The highest BCUT2D eigenvalue weighted by Crippen LogP contribution is 2.46. The van der Waals surface area contributed by atoms with E-state index in [9.17, 15) is 19.2 Å². The van der Waals surface area contributed by atoms with E-state index < -0.39 is 16.8 Å². The monoisotopic (exact) mass is 459 g/mol. The third-order valence-electron chi connectivity index (χ3n) is 7.70. The normalized spacial score (nSPS) is 20.8. The van der Waals surface area contributed by atoms with E-state index in [4.69, 9.17) is 5.73 Å². The van der Waals surface area contributed by atoms with Crippen LogP contribution < -0.4 is 32.4 Å². The molecule has 1 aromatic heterocycles. The Morgan fingerprint density at radius 1 is 1.09 bits per heavy atom. The summed E-state index contributed by atoms with van der Waals surface area (Å²) < 4.78 is 0. The summed E-state index contributed by atoms with van der Waals surface area (Å²) >= 11 is 0. The van der Waals surface area contributed by atoms with Gasteiger partial charge in [-0.15, -0.1) is 0 Å². The summed E-state index contributed by atoms with van der Waals surface area (Å²) in [7, 11) is 0. The molecule has 3 aromatic rings. The van der Waals surface area contributed by atoms with E-state index in [2.05, 4.69) is 15.3 Å². The first-order chi connectivity index (χ1) is 16.4. The second-order valence-corrected chi connectivity index (χ2v) is 9.64. The van der Waals surface area contributed by atoms with Crippen LogP contribution in [0.4, 0.5) is 11.4 Å². The summed E-state index contributed by atoms with van der Waals surface area (Å²) in [5, 5.41) is 2.86. The van der Waals surface area contributed by atoms with Gasteiger partial charge < -0.3 is 20.9 Å². The van der Waals surface area contributed by atoms with Crippen LogP contribution in [0.5, 0.6) is 0 Å². The van der Waals surface area contributed by atoms with Crippen molar-refractivity contribution in [1.82, 2.24) is 15.3 Å². The number of carbonyl (C=O) groups is 1. The van der Waals surface area contributed by atoms with Gasteiger partial charge in [0.15, 0.2) is 5.82 Å². The zero-order valence-electron chi connectivity index (χ0n) is 18.6. The van der Waals surface area contributed by atoms with Crippen molar-refractivity contribution in [2.75, 3.05) is 17.2 Å². The summed E-state index contributed by atoms with van der Waals surface area (Å²) in [4.78, 5) is 57.9. The SMILES string of the molecule is Nc1c(N2CCc3ccc(CNC(=O)c4nc5c(c(=O)[nH]4)C4CCC5CC4)cc3C2)c(=O)c1=O. The number of benzene rings is 1. The molecule has 174 valence electrons. The third-order valence-corrected chi connectivity index (χ3v) is 7.70. The lowest BCUT2D eigenvalue weighted by molar-refractivity contribution is 0.0939. The quantitative estimate of drug-likeness (QED) is 0.498. The highest BCUT2D eigenvalue weighted by Gasteiger charge is 2.37. The minimum absolute atomic E-state index is 0.0385. The molecule has 7 rings (SSSR count). The molecular formula is C25H25N5O4. The van der Waals surface area contributed by atoms with E-state index in [1.54, 1.807) is 0 Å². The first kappa shape index (κ1) is 20.8. The van der Waals surface area contributed by atoms with Gasteiger partial charge in [-0.3, -0.25) is 19.2 Å². The van der Waals surface area contributed by atoms with Crippen LogP contribution in [0.3, 0.4) is 0 Å². The number of rotatable bonds is 4. The molecule has 4 aliphatic rings. The lowest BCUT2D eigenvalue weighted by Gasteiger charge is -2.36. The number of carbonyl (C=O) groups excluding carboxylic acids is 1. The van der Waals surface area contributed by atoms with E-state index in [1.807, 2.05) is 23.1 Å². The van der Waals surface area contributed by atoms with Crippen molar-refractivity contribution in [1.29, 1.82) is 0 Å². The molecular weight excluding hydrogens is 434 g/mol. The molecule has 34 heavy (non-hydrogen) atoms. The smallest absolute Gasteiger partial charge is 0.287 e. The Bertz CT molecular complexity index is 1460. The molecule has 2 heterocycles. The summed E-state index contributed by atoms with van der Waals surface area (Å²) in [5.41, 5.74) is 9.44. The highest BCUT2D eigenvalue weighted by atomic mass is 16.2. The third kappa shape index (κ3) is 3.18. The molecule has 1 fully saturated rings. The molecule has 1 aliphatic heterocycles. The molecule has 0 unspecified atom stereocenters. The van der Waals surface area contributed by atoms with Crippen LogP contribution in [0.15, 0.2) is 32.6 Å². The minimum atomic E-state index is -0.612. The van der Waals surface area contributed by atoms with Gasteiger partial charge >= 0.3 is 0 Å². The number of nitrogens with two attached hydrogens (primary N) is 1. The molecule has 0 atom stereocenters. The van der Waals surface area contributed by atoms with Gasteiger partial charge in [0, 0.05) is 31.1 Å². The van der Waals surface area contributed by atoms with Crippen LogP contribution in [0.25, 0.3) is 0 Å². The van der Waals surface area contributed by atoms with Gasteiger partial charge in [-0.1, -0.05) is 18.2 Å². The van der Waals surface area contributed by atoms with Crippen molar-refractivity contribution in [3.63, 3.8) is 0 Å². The zero-order chi connectivity index (χ0) is 23.6. The van der Waals surface area contributed by atoms with Gasteiger partial charge in [-0.05, 0) is 54.7 Å². The van der Waals surface area contributed by atoms with Crippen molar-refractivity contribution in [3.8, 4) is 0 Å². The lowest BCUT2D eigenvalue weighted by atomic mass is 9.69. The number of hydrogen-bond acceptors (Lipinski definition) is 7. The number of nitrogens with one attached hydrogen (secondary N) is 2. The summed E-state index contributed by atoms with van der Waals surface area (Å²) in [5.74, 6) is 0.204. The molecule has 2 aromatic carbocycles. The fraction of sp³-hybridized carbons (Fsp3) is 0.400. The van der Waals surface area contributed by atoms with Gasteiger partial charge in [0.05, 0.1) is 5.69 Å². The largest absolute Gasteiger partial charge is 0.394 e. The summed E-state index contributed by atoms with van der Waals surface area (Å²) in [6.07, 6.45) is 4.85. The van der Waals surface area contributed by atoms with E-state index in [-0.39, 0.29) is 35.5 Å². The lowest BCUT2D eigenvalue weighted by Crippen LogP contribution is -2.44. The Hall–Kier alpha value is -3.75. The maximum atomic E-state index is 12.8. The maximum Gasteiger partial charge on any atom is 0.287 e. The Morgan fingerprint density at radius 3 is 2.62 bits per heavy atom. The van der Waals surface area contributed by atoms with Crippen LogP contribution in [-0.2, 0) is 19.5 Å².